The molecule has 0 aromatic heterocycles. The van der Waals surface area contributed by atoms with Crippen molar-refractivity contribution in [1.82, 2.24) is 0 Å². The summed E-state index contributed by atoms with van der Waals surface area (Å²) in [5.74, 6) is -0.291. The maximum absolute atomic E-state index is 12.1. The third-order valence-corrected chi connectivity index (χ3v) is 2.98. The van der Waals surface area contributed by atoms with E-state index in [1.165, 1.54) is 12.1 Å². The van der Waals surface area contributed by atoms with E-state index in [9.17, 15) is 9.59 Å². The van der Waals surface area contributed by atoms with Crippen LogP contribution < -0.4 is 4.74 Å². The molecule has 0 aliphatic rings. The molecule has 0 saturated heterocycles. The second-order valence-electron chi connectivity index (χ2n) is 4.33. The van der Waals surface area contributed by atoms with Crippen LogP contribution in [0.3, 0.4) is 0 Å². The van der Waals surface area contributed by atoms with Gasteiger partial charge in [0.25, 0.3) is 0 Å². The van der Waals surface area contributed by atoms with Crippen molar-refractivity contribution in [2.75, 3.05) is 7.11 Å². The Morgan fingerprint density at radius 3 is 2.00 bits per heavy atom. The van der Waals surface area contributed by atoms with Gasteiger partial charge in [0.15, 0.2) is 5.78 Å². The molecule has 0 fully saturated rings. The quantitative estimate of drug-likeness (QED) is 0.848. The number of benzene rings is 2. The molecule has 0 unspecified atom stereocenters. The molecule has 1 N–H and O–H groups in total. The molecule has 102 valence electrons. The van der Waals surface area contributed by atoms with E-state index in [1.54, 1.807) is 43.5 Å². The van der Waals surface area contributed by atoms with Gasteiger partial charge in [0.2, 0.25) is 0 Å². The summed E-state index contributed by atoms with van der Waals surface area (Å²) in [5.41, 5.74) is 1.61. The zero-order chi connectivity index (χ0) is 14.5. The van der Waals surface area contributed by atoms with E-state index in [1.807, 2.05) is 0 Å². The average molecular weight is 270 g/mol. The topological polar surface area (TPSA) is 63.6 Å². The summed E-state index contributed by atoms with van der Waals surface area (Å²) in [6, 6.07) is 13.2. The van der Waals surface area contributed by atoms with Gasteiger partial charge in [0, 0.05) is 12.0 Å². The smallest absolute Gasteiger partial charge is 0.335 e. The lowest BCUT2D eigenvalue weighted by molar-refractivity contribution is 0.0696. The van der Waals surface area contributed by atoms with E-state index in [0.717, 1.165) is 5.56 Å². The molecule has 0 aliphatic carbocycles. The van der Waals surface area contributed by atoms with E-state index < -0.39 is 5.97 Å². The van der Waals surface area contributed by atoms with Gasteiger partial charge in [0.05, 0.1) is 12.7 Å². The maximum atomic E-state index is 12.1. The van der Waals surface area contributed by atoms with E-state index in [0.29, 0.717) is 11.3 Å². The van der Waals surface area contributed by atoms with Crippen molar-refractivity contribution in [3.8, 4) is 5.75 Å². The van der Waals surface area contributed by atoms with Crippen LogP contribution in [0.4, 0.5) is 0 Å². The Kier molecular flexibility index (Phi) is 4.15. The third kappa shape index (κ3) is 3.23. The van der Waals surface area contributed by atoms with Crippen molar-refractivity contribution in [2.24, 2.45) is 0 Å². The maximum Gasteiger partial charge on any atom is 0.335 e. The molecule has 0 spiro atoms. The first-order valence-electron chi connectivity index (χ1n) is 6.09. The number of hydrogen-bond donors (Lipinski definition) is 1. The first-order chi connectivity index (χ1) is 9.60. The number of ether oxygens (including phenoxy) is 1. The monoisotopic (exact) mass is 270 g/mol. The molecule has 2 aromatic carbocycles. The number of aromatic carboxylic acids is 1. The number of ketones is 1. The highest BCUT2D eigenvalue weighted by atomic mass is 16.5. The molecular weight excluding hydrogens is 256 g/mol. The standard InChI is InChI=1S/C16H14O4/c1-20-14-8-6-12(7-9-14)15(17)10-11-2-4-13(5-3-11)16(18)19/h2-9H,10H2,1H3,(H,18,19). The second kappa shape index (κ2) is 6.02. The molecule has 0 amide bonds. The minimum atomic E-state index is -0.974. The molecule has 4 heteroatoms. The van der Waals surface area contributed by atoms with E-state index in [4.69, 9.17) is 9.84 Å². The van der Waals surface area contributed by atoms with E-state index >= 15 is 0 Å². The first-order valence-corrected chi connectivity index (χ1v) is 6.09. The minimum absolute atomic E-state index is 0.0178. The minimum Gasteiger partial charge on any atom is -0.497 e. The fraction of sp³-hybridized carbons (Fsp3) is 0.125. The Hall–Kier alpha value is -2.62. The summed E-state index contributed by atoms with van der Waals surface area (Å²) in [6.45, 7) is 0. The van der Waals surface area contributed by atoms with Crippen molar-refractivity contribution in [2.45, 2.75) is 6.42 Å². The Balaban J connectivity index is 2.08. The van der Waals surface area contributed by atoms with E-state index in [-0.39, 0.29) is 17.8 Å². The molecule has 0 aliphatic heterocycles. The highest BCUT2D eigenvalue weighted by molar-refractivity contribution is 5.97. The molecule has 20 heavy (non-hydrogen) atoms. The van der Waals surface area contributed by atoms with Gasteiger partial charge in [-0.05, 0) is 42.0 Å². The number of carboxylic acid groups (broad SMARTS) is 1. The van der Waals surface area contributed by atoms with Crippen LogP contribution in [0.25, 0.3) is 0 Å². The Labute approximate surface area is 116 Å². The average Bonchev–Trinajstić information content (AvgIpc) is 2.48. The van der Waals surface area contributed by atoms with Crippen LogP contribution >= 0.6 is 0 Å². The largest absolute Gasteiger partial charge is 0.497 e. The lowest BCUT2D eigenvalue weighted by atomic mass is 10.0. The lowest BCUT2D eigenvalue weighted by Gasteiger charge is -2.04. The molecule has 0 radical (unpaired) electrons. The van der Waals surface area contributed by atoms with Crippen LogP contribution in [-0.4, -0.2) is 24.0 Å². The fourth-order valence-electron chi connectivity index (χ4n) is 1.83. The van der Waals surface area contributed by atoms with Crippen molar-refractivity contribution in [3.63, 3.8) is 0 Å². The van der Waals surface area contributed by atoms with E-state index in [2.05, 4.69) is 0 Å². The molecule has 2 aromatic rings. The summed E-state index contributed by atoms with van der Waals surface area (Å²) < 4.78 is 5.04. The van der Waals surface area contributed by atoms with Crippen LogP contribution in [0.5, 0.6) is 5.75 Å². The molecule has 2 rings (SSSR count). The summed E-state index contributed by atoms with van der Waals surface area (Å²) in [4.78, 5) is 22.8. The van der Waals surface area contributed by atoms with Gasteiger partial charge in [-0.25, -0.2) is 4.79 Å². The summed E-state index contributed by atoms with van der Waals surface area (Å²) in [5, 5.41) is 8.81. The second-order valence-corrected chi connectivity index (χ2v) is 4.33. The van der Waals surface area contributed by atoms with Gasteiger partial charge in [-0.1, -0.05) is 12.1 Å². The highest BCUT2D eigenvalue weighted by Crippen LogP contribution is 2.14. The predicted octanol–water partition coefficient (Wildman–Crippen LogP) is 2.82. The Bertz CT molecular complexity index is 612. The summed E-state index contributed by atoms with van der Waals surface area (Å²) in [6.07, 6.45) is 0.242. The van der Waals surface area contributed by atoms with Gasteiger partial charge in [-0.3, -0.25) is 4.79 Å². The zero-order valence-corrected chi connectivity index (χ0v) is 11.0. The molecule has 0 bridgehead atoms. The fourth-order valence-corrected chi connectivity index (χ4v) is 1.83. The van der Waals surface area contributed by atoms with Gasteiger partial charge in [-0.15, -0.1) is 0 Å². The SMILES string of the molecule is COc1ccc(C(=O)Cc2ccc(C(=O)O)cc2)cc1. The zero-order valence-electron chi connectivity index (χ0n) is 11.0. The molecular formula is C16H14O4. The van der Waals surface area contributed by atoms with Gasteiger partial charge >= 0.3 is 5.97 Å². The Morgan fingerprint density at radius 2 is 1.50 bits per heavy atom. The van der Waals surface area contributed by atoms with Crippen molar-refractivity contribution >= 4 is 11.8 Å². The number of rotatable bonds is 5. The summed E-state index contributed by atoms with van der Waals surface area (Å²) >= 11 is 0. The first kappa shape index (κ1) is 13.8. The number of Topliss-reactive ketones (excluding diaryl/α,β-unsaturated/α-hetero) is 1. The summed E-state index contributed by atoms with van der Waals surface area (Å²) in [7, 11) is 1.57. The molecule has 0 atom stereocenters. The van der Waals surface area contributed by atoms with Crippen LogP contribution in [0, 0.1) is 0 Å². The molecule has 4 nitrogen and oxygen atoms in total. The number of carboxylic acids is 1. The van der Waals surface area contributed by atoms with Gasteiger partial charge in [-0.2, -0.15) is 0 Å². The normalized spacial score (nSPS) is 10.1. The number of methoxy groups -OCH3 is 1. The molecule has 0 heterocycles. The van der Waals surface area contributed by atoms with Crippen molar-refractivity contribution in [1.29, 1.82) is 0 Å². The Morgan fingerprint density at radius 1 is 0.950 bits per heavy atom. The third-order valence-electron chi connectivity index (χ3n) is 2.98. The number of carbonyl (C=O) groups is 2. The lowest BCUT2D eigenvalue weighted by Crippen LogP contribution is -2.04. The number of carbonyl (C=O) groups excluding carboxylic acids is 1. The number of hydrogen-bond acceptors (Lipinski definition) is 3. The van der Waals surface area contributed by atoms with Gasteiger partial charge in [0.1, 0.15) is 5.75 Å². The van der Waals surface area contributed by atoms with Crippen molar-refractivity contribution in [3.05, 3.63) is 65.2 Å². The van der Waals surface area contributed by atoms with Gasteiger partial charge < -0.3 is 9.84 Å². The van der Waals surface area contributed by atoms with Crippen molar-refractivity contribution < 1.29 is 19.4 Å². The van der Waals surface area contributed by atoms with Crippen LogP contribution in [-0.2, 0) is 6.42 Å². The van der Waals surface area contributed by atoms with Crippen LogP contribution in [0.1, 0.15) is 26.3 Å². The predicted molar refractivity (Wildman–Crippen MR) is 74.4 cm³/mol. The molecule has 0 saturated carbocycles. The van der Waals surface area contributed by atoms with Crippen LogP contribution in [0.2, 0.25) is 0 Å². The van der Waals surface area contributed by atoms with Crippen LogP contribution in [0.15, 0.2) is 48.5 Å². The highest BCUT2D eigenvalue weighted by Gasteiger charge is 2.08.